The Bertz CT molecular complexity index is 1070. The molecule has 2 bridgehead atoms. The van der Waals surface area contributed by atoms with Gasteiger partial charge in [0, 0.05) is 24.7 Å². The van der Waals surface area contributed by atoms with Crippen LogP contribution in [0, 0.1) is 5.82 Å². The van der Waals surface area contributed by atoms with Crippen molar-refractivity contribution in [3.8, 4) is 16.9 Å². The quantitative estimate of drug-likeness (QED) is 0.666. The molecule has 3 heterocycles. The van der Waals surface area contributed by atoms with Gasteiger partial charge in [-0.3, -0.25) is 4.79 Å². The molecule has 1 N–H and O–H groups in total. The van der Waals surface area contributed by atoms with Crippen LogP contribution in [0.25, 0.3) is 11.1 Å². The topological polar surface area (TPSA) is 71.1 Å². The number of rotatable bonds is 0. The number of morpholine rings is 1. The summed E-state index contributed by atoms with van der Waals surface area (Å²) in [6.45, 7) is 1.49. The Balaban J connectivity index is 1.63. The van der Waals surface area contributed by atoms with Crippen molar-refractivity contribution in [2.75, 3.05) is 40.0 Å². The van der Waals surface area contributed by atoms with Crippen LogP contribution in [0.5, 0.6) is 5.75 Å². The maximum absolute atomic E-state index is 15.9. The van der Waals surface area contributed by atoms with Gasteiger partial charge in [-0.05, 0) is 30.9 Å². The molecule has 3 aliphatic heterocycles. The predicted octanol–water partition coefficient (Wildman–Crippen LogP) is 2.83. The summed E-state index contributed by atoms with van der Waals surface area (Å²) in [4.78, 5) is 29.2. The summed E-state index contributed by atoms with van der Waals surface area (Å²) in [6.07, 6.45) is 1.67. The molecule has 2 fully saturated rings. The number of hydrogen-bond acceptors (Lipinski definition) is 4. The Hall–Kier alpha value is -3.13. The standard InChI is InChI=1S/C25H28FN3O4/c1-28-12-13-33-20-9-3-2-7-18(20)19-8-4-6-17(23(19)26)14-21-25(16-32-15-22(30)27-25)10-5-11-29(21)24(28)31/h2-4,6-9,21H,5,10-16H2,1H3,(H,27,30). The van der Waals surface area contributed by atoms with Crippen molar-refractivity contribution >= 4 is 11.9 Å². The number of para-hydroxylation sites is 1. The normalized spacial score (nSPS) is 25.7. The molecule has 7 nitrogen and oxygen atoms in total. The van der Waals surface area contributed by atoms with E-state index in [1.54, 1.807) is 29.0 Å². The molecule has 0 aliphatic carbocycles. The average molecular weight is 454 g/mol. The van der Waals surface area contributed by atoms with Gasteiger partial charge in [0.05, 0.1) is 24.7 Å². The van der Waals surface area contributed by atoms with E-state index in [1.165, 1.54) is 0 Å². The van der Waals surface area contributed by atoms with E-state index in [1.807, 2.05) is 30.3 Å². The van der Waals surface area contributed by atoms with Crippen molar-refractivity contribution < 1.29 is 23.5 Å². The van der Waals surface area contributed by atoms with Crippen LogP contribution in [-0.4, -0.2) is 73.3 Å². The van der Waals surface area contributed by atoms with Crippen molar-refractivity contribution in [2.24, 2.45) is 0 Å². The minimum Gasteiger partial charge on any atom is -0.491 e. The number of benzene rings is 2. The van der Waals surface area contributed by atoms with Crippen LogP contribution in [-0.2, 0) is 16.0 Å². The molecule has 3 amide bonds. The van der Waals surface area contributed by atoms with Crippen LogP contribution in [0.2, 0.25) is 0 Å². The van der Waals surface area contributed by atoms with Gasteiger partial charge in [0.25, 0.3) is 0 Å². The molecule has 0 aromatic heterocycles. The van der Waals surface area contributed by atoms with Gasteiger partial charge in [-0.2, -0.15) is 0 Å². The average Bonchev–Trinajstić information content (AvgIpc) is 2.81. The van der Waals surface area contributed by atoms with Gasteiger partial charge in [0.2, 0.25) is 5.91 Å². The number of likely N-dealkylation sites (N-methyl/N-ethyl adjacent to an activating group) is 1. The first-order valence-electron chi connectivity index (χ1n) is 11.4. The molecule has 2 saturated heterocycles. The highest BCUT2D eigenvalue weighted by atomic mass is 19.1. The third-order valence-electron chi connectivity index (χ3n) is 6.94. The lowest BCUT2D eigenvalue weighted by molar-refractivity contribution is -0.140. The Kier molecular flexibility index (Phi) is 5.70. The van der Waals surface area contributed by atoms with E-state index in [4.69, 9.17) is 9.47 Å². The Morgan fingerprint density at radius 3 is 2.76 bits per heavy atom. The summed E-state index contributed by atoms with van der Waals surface area (Å²) >= 11 is 0. The van der Waals surface area contributed by atoms with Crippen LogP contribution in [0.4, 0.5) is 9.18 Å². The molecular formula is C25H28FN3O4. The van der Waals surface area contributed by atoms with E-state index in [0.29, 0.717) is 48.6 Å². The lowest BCUT2D eigenvalue weighted by atomic mass is 9.77. The van der Waals surface area contributed by atoms with Crippen LogP contribution < -0.4 is 10.1 Å². The highest BCUT2D eigenvalue weighted by Crippen LogP contribution is 2.37. The molecule has 5 rings (SSSR count). The number of halogens is 1. The predicted molar refractivity (Wildman–Crippen MR) is 120 cm³/mol. The van der Waals surface area contributed by atoms with Gasteiger partial charge < -0.3 is 24.6 Å². The van der Waals surface area contributed by atoms with Gasteiger partial charge in [0.15, 0.2) is 0 Å². The number of urea groups is 1. The zero-order valence-corrected chi connectivity index (χ0v) is 18.7. The Morgan fingerprint density at radius 2 is 1.91 bits per heavy atom. The number of carbonyl (C=O) groups excluding carboxylic acids is 2. The minimum atomic E-state index is -0.749. The highest BCUT2D eigenvalue weighted by molar-refractivity contribution is 5.80. The maximum atomic E-state index is 15.9. The van der Waals surface area contributed by atoms with E-state index in [0.717, 1.165) is 6.42 Å². The molecule has 8 heteroatoms. The number of carbonyl (C=O) groups is 2. The summed E-state index contributed by atoms with van der Waals surface area (Å²) in [6, 6.07) is 12.1. The van der Waals surface area contributed by atoms with Crippen molar-refractivity contribution in [1.82, 2.24) is 15.1 Å². The summed E-state index contributed by atoms with van der Waals surface area (Å²) in [5.41, 5.74) is 0.881. The number of nitrogens with zero attached hydrogens (tertiary/aromatic N) is 2. The molecule has 2 unspecified atom stereocenters. The van der Waals surface area contributed by atoms with Crippen LogP contribution >= 0.6 is 0 Å². The molecule has 0 radical (unpaired) electrons. The number of piperidine rings is 1. The van der Waals surface area contributed by atoms with Crippen LogP contribution in [0.3, 0.4) is 0 Å². The van der Waals surface area contributed by atoms with E-state index in [2.05, 4.69) is 5.32 Å². The second-order valence-electron chi connectivity index (χ2n) is 9.04. The minimum absolute atomic E-state index is 0.000286. The maximum Gasteiger partial charge on any atom is 0.320 e. The molecule has 0 saturated carbocycles. The highest BCUT2D eigenvalue weighted by Gasteiger charge is 2.50. The summed E-state index contributed by atoms with van der Waals surface area (Å²) in [5.74, 6) is 0.0384. The van der Waals surface area contributed by atoms with Gasteiger partial charge >= 0.3 is 6.03 Å². The second-order valence-corrected chi connectivity index (χ2v) is 9.04. The van der Waals surface area contributed by atoms with Gasteiger partial charge in [-0.25, -0.2) is 9.18 Å². The molecule has 2 aromatic carbocycles. The Morgan fingerprint density at radius 1 is 1.09 bits per heavy atom. The fourth-order valence-electron chi connectivity index (χ4n) is 5.29. The monoisotopic (exact) mass is 453 g/mol. The number of nitrogens with one attached hydrogen (secondary N) is 1. The fourth-order valence-corrected chi connectivity index (χ4v) is 5.29. The van der Waals surface area contributed by atoms with Crippen LogP contribution in [0.15, 0.2) is 42.5 Å². The first-order chi connectivity index (χ1) is 16.0. The molecule has 1 spiro atoms. The molecule has 33 heavy (non-hydrogen) atoms. The van der Waals surface area contributed by atoms with Gasteiger partial charge in [-0.15, -0.1) is 0 Å². The molecule has 3 aliphatic rings. The smallest absolute Gasteiger partial charge is 0.320 e. The van der Waals surface area contributed by atoms with Gasteiger partial charge in [0.1, 0.15) is 24.8 Å². The van der Waals surface area contributed by atoms with E-state index in [-0.39, 0.29) is 37.4 Å². The van der Waals surface area contributed by atoms with Crippen molar-refractivity contribution in [3.63, 3.8) is 0 Å². The van der Waals surface area contributed by atoms with E-state index in [9.17, 15) is 9.59 Å². The van der Waals surface area contributed by atoms with Crippen LogP contribution in [0.1, 0.15) is 18.4 Å². The van der Waals surface area contributed by atoms with Crippen molar-refractivity contribution in [2.45, 2.75) is 30.8 Å². The first-order valence-corrected chi connectivity index (χ1v) is 11.4. The number of fused-ring (bicyclic) bond motifs is 6. The lowest BCUT2D eigenvalue weighted by Gasteiger charge is -2.52. The third kappa shape index (κ3) is 3.93. The molecular weight excluding hydrogens is 425 g/mol. The summed E-state index contributed by atoms with van der Waals surface area (Å²) in [7, 11) is 1.74. The van der Waals surface area contributed by atoms with E-state index >= 15 is 4.39 Å². The van der Waals surface area contributed by atoms with Gasteiger partial charge in [-0.1, -0.05) is 36.4 Å². The fraction of sp³-hybridized carbons (Fsp3) is 0.440. The number of hydrogen-bond donors (Lipinski definition) is 1. The Labute approximate surface area is 192 Å². The first kappa shape index (κ1) is 21.7. The molecule has 2 atom stereocenters. The van der Waals surface area contributed by atoms with Crippen molar-refractivity contribution in [1.29, 1.82) is 0 Å². The number of amides is 3. The zero-order valence-electron chi connectivity index (χ0n) is 18.7. The SMILES string of the molecule is CN1CCOc2ccccc2-c2cccc(c2F)CC2N(CCCC23COCC(=O)N3)C1=O. The molecule has 174 valence electrons. The second kappa shape index (κ2) is 8.67. The largest absolute Gasteiger partial charge is 0.491 e. The zero-order chi connectivity index (χ0) is 23.0. The van der Waals surface area contributed by atoms with Crippen molar-refractivity contribution in [3.05, 3.63) is 53.8 Å². The number of ether oxygens (including phenoxy) is 2. The molecule has 2 aromatic rings. The third-order valence-corrected chi connectivity index (χ3v) is 6.94. The summed E-state index contributed by atoms with van der Waals surface area (Å²) in [5, 5.41) is 3.11. The summed E-state index contributed by atoms with van der Waals surface area (Å²) < 4.78 is 27.5. The lowest BCUT2D eigenvalue weighted by Crippen LogP contribution is -2.72. The van der Waals surface area contributed by atoms with E-state index < -0.39 is 11.6 Å².